The van der Waals surface area contributed by atoms with Crippen molar-refractivity contribution < 1.29 is 9.53 Å². The maximum Gasteiger partial charge on any atom is 0.317 e. The molecule has 23 heavy (non-hydrogen) atoms. The highest BCUT2D eigenvalue weighted by atomic mass is 16.5. The number of anilines is 1. The first-order valence-corrected chi connectivity index (χ1v) is 8.63. The number of urea groups is 1. The Morgan fingerprint density at radius 2 is 2.22 bits per heavy atom. The molecule has 2 fully saturated rings. The fraction of sp³-hybridized carbons (Fsp3) is 0.647. The van der Waals surface area contributed by atoms with Crippen LogP contribution in [0.25, 0.3) is 0 Å². The first-order valence-electron chi connectivity index (χ1n) is 8.63. The number of ether oxygens (including phenoxy) is 1. The van der Waals surface area contributed by atoms with Crippen LogP contribution in [0.4, 0.5) is 10.6 Å². The number of hydrogen-bond acceptors (Lipinski definition) is 4. The van der Waals surface area contributed by atoms with Crippen molar-refractivity contribution >= 4 is 11.8 Å². The van der Waals surface area contributed by atoms with Gasteiger partial charge in [-0.3, -0.25) is 0 Å². The first-order chi connectivity index (χ1) is 11.3. The summed E-state index contributed by atoms with van der Waals surface area (Å²) < 4.78 is 5.58. The largest absolute Gasteiger partial charge is 0.378 e. The minimum absolute atomic E-state index is 0.0471. The van der Waals surface area contributed by atoms with Gasteiger partial charge in [-0.2, -0.15) is 0 Å². The molecule has 1 N–H and O–H groups in total. The zero-order chi connectivity index (χ0) is 15.9. The third-order valence-corrected chi connectivity index (χ3v) is 4.52. The lowest BCUT2D eigenvalue weighted by atomic mass is 10.2. The van der Waals surface area contributed by atoms with Crippen molar-refractivity contribution in [3.63, 3.8) is 0 Å². The fourth-order valence-corrected chi connectivity index (χ4v) is 3.21. The molecule has 0 bridgehead atoms. The lowest BCUT2D eigenvalue weighted by Crippen LogP contribution is -2.42. The Kier molecular flexibility index (Phi) is 5.69. The highest BCUT2D eigenvalue weighted by Crippen LogP contribution is 2.15. The van der Waals surface area contributed by atoms with Gasteiger partial charge >= 0.3 is 6.03 Å². The molecule has 2 saturated heterocycles. The molecule has 1 aromatic rings. The van der Waals surface area contributed by atoms with Crippen molar-refractivity contribution in [1.29, 1.82) is 0 Å². The average Bonchev–Trinajstić information content (AvgIpc) is 2.97. The quantitative estimate of drug-likeness (QED) is 0.921. The summed E-state index contributed by atoms with van der Waals surface area (Å²) in [6.45, 7) is 4.88. The Balaban J connectivity index is 1.42. The normalized spacial score (nSPS) is 22.0. The number of amides is 2. The molecular weight excluding hydrogens is 292 g/mol. The maximum atomic E-state index is 12.3. The molecule has 0 saturated carbocycles. The molecule has 2 aliphatic heterocycles. The van der Waals surface area contributed by atoms with Crippen LogP contribution in [0.2, 0.25) is 0 Å². The summed E-state index contributed by atoms with van der Waals surface area (Å²) in [6.07, 6.45) is 6.30. The Morgan fingerprint density at radius 3 is 3.00 bits per heavy atom. The van der Waals surface area contributed by atoms with Crippen molar-refractivity contribution in [2.24, 2.45) is 0 Å². The zero-order valence-corrected chi connectivity index (χ0v) is 13.6. The monoisotopic (exact) mass is 318 g/mol. The van der Waals surface area contributed by atoms with Crippen LogP contribution in [-0.2, 0) is 4.74 Å². The van der Waals surface area contributed by atoms with Gasteiger partial charge in [0.15, 0.2) is 0 Å². The number of carbonyl (C=O) groups is 1. The van der Waals surface area contributed by atoms with Crippen LogP contribution >= 0.6 is 0 Å². The lowest BCUT2D eigenvalue weighted by molar-refractivity contribution is 0.104. The molecule has 2 aliphatic rings. The second-order valence-electron chi connectivity index (χ2n) is 6.17. The molecule has 3 rings (SSSR count). The summed E-state index contributed by atoms with van der Waals surface area (Å²) >= 11 is 0. The summed E-state index contributed by atoms with van der Waals surface area (Å²) in [4.78, 5) is 20.9. The molecule has 3 heterocycles. The van der Waals surface area contributed by atoms with Gasteiger partial charge in [0.2, 0.25) is 0 Å². The number of pyridine rings is 1. The zero-order valence-electron chi connectivity index (χ0n) is 13.6. The van der Waals surface area contributed by atoms with Gasteiger partial charge in [-0.25, -0.2) is 9.78 Å². The van der Waals surface area contributed by atoms with Gasteiger partial charge in [-0.15, -0.1) is 0 Å². The van der Waals surface area contributed by atoms with Crippen molar-refractivity contribution in [2.45, 2.75) is 31.8 Å². The number of aromatic nitrogens is 1. The van der Waals surface area contributed by atoms with Crippen LogP contribution < -0.4 is 10.2 Å². The Bertz CT molecular complexity index is 491. The third-order valence-electron chi connectivity index (χ3n) is 4.52. The minimum Gasteiger partial charge on any atom is -0.378 e. The summed E-state index contributed by atoms with van der Waals surface area (Å²) in [7, 11) is 0. The van der Waals surface area contributed by atoms with Crippen LogP contribution in [0.1, 0.15) is 25.7 Å². The van der Waals surface area contributed by atoms with Crippen LogP contribution in [0.3, 0.4) is 0 Å². The molecule has 0 aliphatic carbocycles. The molecular formula is C17H26N4O2. The van der Waals surface area contributed by atoms with E-state index in [4.69, 9.17) is 4.74 Å². The second-order valence-corrected chi connectivity index (χ2v) is 6.17. The van der Waals surface area contributed by atoms with Gasteiger partial charge in [0, 0.05) is 45.5 Å². The van der Waals surface area contributed by atoms with E-state index < -0.39 is 0 Å². The summed E-state index contributed by atoms with van der Waals surface area (Å²) in [5.74, 6) is 0.994. The highest BCUT2D eigenvalue weighted by Gasteiger charge is 2.20. The molecule has 6 nitrogen and oxygen atoms in total. The van der Waals surface area contributed by atoms with E-state index in [0.717, 1.165) is 64.3 Å². The average molecular weight is 318 g/mol. The van der Waals surface area contributed by atoms with E-state index in [2.05, 4.69) is 15.2 Å². The van der Waals surface area contributed by atoms with Gasteiger partial charge in [0.25, 0.3) is 0 Å². The number of carbonyl (C=O) groups excluding carboxylic acids is 1. The molecule has 2 amide bonds. The number of hydrogen-bond donors (Lipinski definition) is 1. The SMILES string of the molecule is O=C(NCC[C@H]1CCCO1)N1CCCN(c2ccccn2)CC1. The summed E-state index contributed by atoms with van der Waals surface area (Å²) in [6, 6.07) is 6.00. The fourth-order valence-electron chi connectivity index (χ4n) is 3.21. The molecule has 0 aromatic carbocycles. The molecule has 1 atom stereocenters. The molecule has 0 unspecified atom stereocenters. The van der Waals surface area contributed by atoms with E-state index in [-0.39, 0.29) is 6.03 Å². The number of rotatable bonds is 4. The highest BCUT2D eigenvalue weighted by molar-refractivity contribution is 5.74. The summed E-state index contributed by atoms with van der Waals surface area (Å²) in [5.41, 5.74) is 0. The van der Waals surface area contributed by atoms with E-state index >= 15 is 0 Å². The van der Waals surface area contributed by atoms with Crippen molar-refractivity contribution in [3.8, 4) is 0 Å². The van der Waals surface area contributed by atoms with Crippen molar-refractivity contribution in [1.82, 2.24) is 15.2 Å². The van der Waals surface area contributed by atoms with E-state index in [1.165, 1.54) is 0 Å². The maximum absolute atomic E-state index is 12.3. The van der Waals surface area contributed by atoms with Crippen molar-refractivity contribution in [2.75, 3.05) is 44.2 Å². The van der Waals surface area contributed by atoms with Gasteiger partial charge in [-0.05, 0) is 37.8 Å². The topological polar surface area (TPSA) is 57.7 Å². The van der Waals surface area contributed by atoms with Crippen LogP contribution in [0.5, 0.6) is 0 Å². The van der Waals surface area contributed by atoms with E-state index in [0.29, 0.717) is 12.6 Å². The van der Waals surface area contributed by atoms with E-state index in [1.807, 2.05) is 29.3 Å². The summed E-state index contributed by atoms with van der Waals surface area (Å²) in [5, 5.41) is 3.03. The van der Waals surface area contributed by atoms with Gasteiger partial charge in [0.05, 0.1) is 6.10 Å². The molecule has 126 valence electrons. The lowest BCUT2D eigenvalue weighted by Gasteiger charge is -2.23. The van der Waals surface area contributed by atoms with Gasteiger partial charge in [-0.1, -0.05) is 6.07 Å². The Hall–Kier alpha value is -1.82. The third kappa shape index (κ3) is 4.58. The molecule has 0 spiro atoms. The van der Waals surface area contributed by atoms with E-state index in [1.54, 1.807) is 0 Å². The van der Waals surface area contributed by atoms with Crippen LogP contribution in [0.15, 0.2) is 24.4 Å². The van der Waals surface area contributed by atoms with Crippen molar-refractivity contribution in [3.05, 3.63) is 24.4 Å². The number of nitrogens with zero attached hydrogens (tertiary/aromatic N) is 3. The van der Waals surface area contributed by atoms with Gasteiger partial charge in [0.1, 0.15) is 5.82 Å². The molecule has 6 heteroatoms. The van der Waals surface area contributed by atoms with E-state index in [9.17, 15) is 4.79 Å². The van der Waals surface area contributed by atoms with Gasteiger partial charge < -0.3 is 19.9 Å². The smallest absolute Gasteiger partial charge is 0.317 e. The minimum atomic E-state index is 0.0471. The van der Waals surface area contributed by atoms with Crippen LogP contribution in [-0.4, -0.2) is 61.3 Å². The van der Waals surface area contributed by atoms with Crippen LogP contribution in [0, 0.1) is 0 Å². The second kappa shape index (κ2) is 8.15. The Morgan fingerprint density at radius 1 is 1.26 bits per heavy atom. The molecule has 1 aromatic heterocycles. The Labute approximate surface area is 137 Å². The predicted molar refractivity (Wildman–Crippen MR) is 89.6 cm³/mol. The standard InChI is InChI=1S/C17H26N4O2/c22-17(19-9-7-15-5-3-14-23-15)21-11-4-10-20(12-13-21)16-6-1-2-8-18-16/h1-2,6,8,15H,3-5,7,9-14H2,(H,19,22)/t15-/m1/s1. The molecule has 0 radical (unpaired) electrons. The predicted octanol–water partition coefficient (Wildman–Crippen LogP) is 1.87. The first kappa shape index (κ1) is 16.1. The number of nitrogens with one attached hydrogen (secondary N) is 1.